The van der Waals surface area contributed by atoms with Gasteiger partial charge in [0.15, 0.2) is 5.13 Å². The van der Waals surface area contributed by atoms with E-state index in [2.05, 4.69) is 20.3 Å². The first-order chi connectivity index (χ1) is 13.9. The van der Waals surface area contributed by atoms with E-state index in [-0.39, 0.29) is 5.91 Å². The van der Waals surface area contributed by atoms with Crippen molar-refractivity contribution in [3.63, 3.8) is 0 Å². The summed E-state index contributed by atoms with van der Waals surface area (Å²) < 4.78 is 6.29. The predicted octanol–water partition coefficient (Wildman–Crippen LogP) is 5.63. The summed E-state index contributed by atoms with van der Waals surface area (Å²) in [4.78, 5) is 25.8. The van der Waals surface area contributed by atoms with Crippen LogP contribution in [-0.4, -0.2) is 28.0 Å². The largest absolute Gasteiger partial charge is 0.494 e. The smallest absolute Gasteiger partial charge is 0.259 e. The van der Waals surface area contributed by atoms with Crippen molar-refractivity contribution in [1.29, 1.82) is 0 Å². The minimum absolute atomic E-state index is 0.296. The number of benzene rings is 1. The highest BCUT2D eigenvalue weighted by Crippen LogP contribution is 2.34. The number of hydrogen-bond donors (Lipinski definition) is 1. The van der Waals surface area contributed by atoms with Crippen LogP contribution in [0.4, 0.5) is 5.13 Å². The molecule has 4 rings (SSSR count). The van der Waals surface area contributed by atoms with Crippen molar-refractivity contribution in [3.05, 3.63) is 64.2 Å². The summed E-state index contributed by atoms with van der Waals surface area (Å²) in [5, 5.41) is 4.23. The van der Waals surface area contributed by atoms with Crippen molar-refractivity contribution in [2.24, 2.45) is 0 Å². The Morgan fingerprint density at radius 3 is 2.72 bits per heavy atom. The van der Waals surface area contributed by atoms with E-state index in [4.69, 9.17) is 27.9 Å². The number of nitrogens with zero attached hydrogens (tertiary/aromatic N) is 3. The number of rotatable bonds is 4. The number of carbonyl (C=O) groups excluding carboxylic acids is 1. The van der Waals surface area contributed by atoms with E-state index in [0.29, 0.717) is 37.7 Å². The van der Waals surface area contributed by atoms with Crippen molar-refractivity contribution in [3.8, 4) is 16.9 Å². The van der Waals surface area contributed by atoms with Gasteiger partial charge in [0.25, 0.3) is 5.91 Å². The Balaban J connectivity index is 1.75. The van der Waals surface area contributed by atoms with Crippen molar-refractivity contribution >= 4 is 55.8 Å². The zero-order valence-electron chi connectivity index (χ0n) is 15.4. The number of amides is 1. The Bertz CT molecular complexity index is 1240. The van der Waals surface area contributed by atoms with Crippen LogP contribution in [0, 0.1) is 6.92 Å². The first-order valence-electron chi connectivity index (χ1n) is 8.48. The molecule has 3 heterocycles. The molecule has 0 saturated heterocycles. The van der Waals surface area contributed by atoms with Gasteiger partial charge in [0, 0.05) is 28.0 Å². The summed E-state index contributed by atoms with van der Waals surface area (Å²) in [6, 6.07) is 8.85. The number of aromatic nitrogens is 3. The Kier molecular flexibility index (Phi) is 5.36. The van der Waals surface area contributed by atoms with E-state index in [1.165, 1.54) is 30.8 Å². The maximum Gasteiger partial charge on any atom is 0.259 e. The molecule has 0 aliphatic carbocycles. The lowest BCUT2D eigenvalue weighted by Gasteiger charge is -2.13. The number of methoxy groups -OCH3 is 1. The fourth-order valence-electron chi connectivity index (χ4n) is 2.87. The number of halogens is 2. The molecule has 9 heteroatoms. The molecular formula is C20H14Cl2N4O2S. The highest BCUT2D eigenvalue weighted by molar-refractivity contribution is 7.22. The second kappa shape index (κ2) is 7.94. The van der Waals surface area contributed by atoms with Crippen LogP contribution in [0.3, 0.4) is 0 Å². The summed E-state index contributed by atoms with van der Waals surface area (Å²) in [5.41, 5.74) is 3.17. The van der Waals surface area contributed by atoms with E-state index < -0.39 is 0 Å². The number of hydrogen-bond acceptors (Lipinski definition) is 6. The maximum atomic E-state index is 13.0. The molecule has 146 valence electrons. The van der Waals surface area contributed by atoms with E-state index in [1.54, 1.807) is 18.2 Å². The number of aryl methyl sites for hydroxylation is 1. The molecule has 3 aromatic heterocycles. The lowest BCUT2D eigenvalue weighted by Crippen LogP contribution is -2.14. The SMILES string of the molecule is COc1cnc(Cl)cc1-c1cc(C)ncc1C(=O)Nc1nc2ccc(Cl)cc2s1. The van der Waals surface area contributed by atoms with Gasteiger partial charge in [-0.3, -0.25) is 15.1 Å². The van der Waals surface area contributed by atoms with Crippen molar-refractivity contribution in [1.82, 2.24) is 15.0 Å². The normalized spacial score (nSPS) is 10.9. The number of thiazole rings is 1. The minimum atomic E-state index is -0.340. The summed E-state index contributed by atoms with van der Waals surface area (Å²) in [6.45, 7) is 1.84. The standard InChI is InChI=1S/C20H14Cl2N4O2S/c1-10-5-12(13-7-18(22)24-9-16(13)28-2)14(8-23-10)19(27)26-20-25-15-4-3-11(21)6-17(15)29-20/h3-9H,1-2H3,(H,25,26,27). The van der Waals surface area contributed by atoms with Crippen LogP contribution in [0.15, 0.2) is 42.7 Å². The minimum Gasteiger partial charge on any atom is -0.494 e. The van der Waals surface area contributed by atoms with Crippen LogP contribution >= 0.6 is 34.5 Å². The van der Waals surface area contributed by atoms with Gasteiger partial charge in [0.1, 0.15) is 10.9 Å². The topological polar surface area (TPSA) is 77.0 Å². The Morgan fingerprint density at radius 1 is 1.10 bits per heavy atom. The Labute approximate surface area is 180 Å². The van der Waals surface area contributed by atoms with Crippen LogP contribution in [0.25, 0.3) is 21.3 Å². The molecule has 0 saturated carbocycles. The second-order valence-electron chi connectivity index (χ2n) is 6.16. The maximum absolute atomic E-state index is 13.0. The van der Waals surface area contributed by atoms with Gasteiger partial charge in [-0.05, 0) is 37.3 Å². The molecule has 0 bridgehead atoms. The predicted molar refractivity (Wildman–Crippen MR) is 116 cm³/mol. The summed E-state index contributed by atoms with van der Waals surface area (Å²) in [6.07, 6.45) is 3.05. The highest BCUT2D eigenvalue weighted by Gasteiger charge is 2.19. The second-order valence-corrected chi connectivity index (χ2v) is 8.02. The lowest BCUT2D eigenvalue weighted by molar-refractivity contribution is 0.102. The van der Waals surface area contributed by atoms with Gasteiger partial charge < -0.3 is 4.74 Å². The zero-order valence-corrected chi connectivity index (χ0v) is 17.7. The molecule has 0 aliphatic rings. The number of nitrogens with one attached hydrogen (secondary N) is 1. The number of anilines is 1. The molecule has 1 N–H and O–H groups in total. The third kappa shape index (κ3) is 4.03. The van der Waals surface area contributed by atoms with Gasteiger partial charge in [0.05, 0.1) is 29.1 Å². The molecule has 0 unspecified atom stereocenters. The number of carbonyl (C=O) groups is 1. The summed E-state index contributed by atoms with van der Waals surface area (Å²) in [5.74, 6) is 0.163. The van der Waals surface area contributed by atoms with Crippen LogP contribution in [-0.2, 0) is 0 Å². The summed E-state index contributed by atoms with van der Waals surface area (Å²) >= 11 is 13.5. The average molecular weight is 445 g/mol. The number of ether oxygens (including phenoxy) is 1. The molecule has 1 aromatic carbocycles. The number of pyridine rings is 2. The highest BCUT2D eigenvalue weighted by atomic mass is 35.5. The molecule has 6 nitrogen and oxygen atoms in total. The first-order valence-corrected chi connectivity index (χ1v) is 10.1. The first kappa shape index (κ1) is 19.6. The molecule has 0 atom stereocenters. The molecule has 4 aromatic rings. The van der Waals surface area contributed by atoms with E-state index in [9.17, 15) is 4.79 Å². The van der Waals surface area contributed by atoms with Gasteiger partial charge in [-0.25, -0.2) is 9.97 Å². The molecule has 0 fully saturated rings. The fourth-order valence-corrected chi connectivity index (χ4v) is 4.17. The van der Waals surface area contributed by atoms with Gasteiger partial charge in [-0.2, -0.15) is 0 Å². The summed E-state index contributed by atoms with van der Waals surface area (Å²) in [7, 11) is 1.54. The molecule has 0 spiro atoms. The van der Waals surface area contributed by atoms with Crippen molar-refractivity contribution < 1.29 is 9.53 Å². The van der Waals surface area contributed by atoms with Crippen LogP contribution < -0.4 is 10.1 Å². The van der Waals surface area contributed by atoms with Crippen LogP contribution in [0.2, 0.25) is 10.2 Å². The third-order valence-corrected chi connectivity index (χ3v) is 5.58. The number of fused-ring (bicyclic) bond motifs is 1. The zero-order chi connectivity index (χ0) is 20.5. The van der Waals surface area contributed by atoms with E-state index in [0.717, 1.165) is 15.9 Å². The third-order valence-electron chi connectivity index (χ3n) is 4.20. The van der Waals surface area contributed by atoms with E-state index >= 15 is 0 Å². The van der Waals surface area contributed by atoms with Gasteiger partial charge in [-0.15, -0.1) is 0 Å². The van der Waals surface area contributed by atoms with Gasteiger partial charge in [0.2, 0.25) is 0 Å². The van der Waals surface area contributed by atoms with Crippen LogP contribution in [0.1, 0.15) is 16.1 Å². The Hall–Kier alpha value is -2.74. The quantitative estimate of drug-likeness (QED) is 0.412. The van der Waals surface area contributed by atoms with E-state index in [1.807, 2.05) is 19.1 Å². The molecular weight excluding hydrogens is 431 g/mol. The van der Waals surface area contributed by atoms with Crippen molar-refractivity contribution in [2.45, 2.75) is 6.92 Å². The lowest BCUT2D eigenvalue weighted by atomic mass is 10.0. The van der Waals surface area contributed by atoms with Gasteiger partial charge >= 0.3 is 0 Å². The molecule has 0 radical (unpaired) electrons. The molecule has 1 amide bonds. The van der Waals surface area contributed by atoms with Crippen molar-refractivity contribution in [2.75, 3.05) is 12.4 Å². The van der Waals surface area contributed by atoms with Crippen LogP contribution in [0.5, 0.6) is 5.75 Å². The molecule has 0 aliphatic heterocycles. The fraction of sp³-hybridized carbons (Fsp3) is 0.100. The monoisotopic (exact) mass is 444 g/mol. The Morgan fingerprint density at radius 2 is 1.93 bits per heavy atom. The average Bonchev–Trinajstić information content (AvgIpc) is 3.09. The van der Waals surface area contributed by atoms with Gasteiger partial charge in [-0.1, -0.05) is 34.5 Å². The molecule has 29 heavy (non-hydrogen) atoms.